The number of piperidine rings is 1. The summed E-state index contributed by atoms with van der Waals surface area (Å²) < 4.78 is 24.1. The minimum Gasteiger partial charge on any atom is -0.489 e. The van der Waals surface area contributed by atoms with Gasteiger partial charge in [-0.05, 0) is 85.4 Å². The third-order valence-electron chi connectivity index (χ3n) is 7.90. The van der Waals surface area contributed by atoms with Crippen molar-refractivity contribution < 1.29 is 28.8 Å². The van der Waals surface area contributed by atoms with Gasteiger partial charge >= 0.3 is 0 Å². The van der Waals surface area contributed by atoms with Gasteiger partial charge in [0, 0.05) is 24.4 Å². The Morgan fingerprint density at radius 3 is 2.47 bits per heavy atom. The number of aromatic nitrogens is 1. The van der Waals surface area contributed by atoms with Crippen LogP contribution in [0.2, 0.25) is 0 Å². The van der Waals surface area contributed by atoms with E-state index >= 15 is 0 Å². The second kappa shape index (κ2) is 17.8. The third kappa shape index (κ3) is 9.49. The van der Waals surface area contributed by atoms with E-state index in [1.165, 1.54) is 19.3 Å². The van der Waals surface area contributed by atoms with Gasteiger partial charge in [-0.1, -0.05) is 36.8 Å². The van der Waals surface area contributed by atoms with Crippen molar-refractivity contribution in [2.75, 3.05) is 26.3 Å². The monoisotopic (exact) mass is 633 g/mol. The summed E-state index contributed by atoms with van der Waals surface area (Å²) in [6.07, 6.45) is 13.4. The summed E-state index contributed by atoms with van der Waals surface area (Å²) in [4.78, 5) is 15.2. The van der Waals surface area contributed by atoms with Crippen LogP contribution in [0.5, 0.6) is 23.0 Å². The summed E-state index contributed by atoms with van der Waals surface area (Å²) in [6.45, 7) is 6.76. The van der Waals surface area contributed by atoms with Crippen LogP contribution in [0.3, 0.4) is 0 Å². The topological polar surface area (TPSA) is 114 Å². The molecule has 0 aliphatic carbocycles. The number of nitrogens with zero attached hydrogens (tertiary/aromatic N) is 3. The highest BCUT2D eigenvalue weighted by Gasteiger charge is 2.17. The van der Waals surface area contributed by atoms with Crippen molar-refractivity contribution >= 4 is 6.47 Å². The Morgan fingerprint density at radius 1 is 0.936 bits per heavy atom. The van der Waals surface area contributed by atoms with Crippen molar-refractivity contribution in [3.63, 3.8) is 0 Å². The second-order valence-electron chi connectivity index (χ2n) is 10.9. The lowest BCUT2D eigenvalue weighted by atomic mass is 9.96. The van der Waals surface area contributed by atoms with Crippen LogP contribution < -0.4 is 18.9 Å². The van der Waals surface area contributed by atoms with Crippen molar-refractivity contribution in [1.82, 2.24) is 9.88 Å². The Kier molecular flexibility index (Phi) is 13.0. The first-order chi connectivity index (χ1) is 23.1. The van der Waals surface area contributed by atoms with Gasteiger partial charge in [-0.25, -0.2) is 0 Å². The number of likely N-dealkylation sites (tertiary alicyclic amines) is 1. The fourth-order valence-electron chi connectivity index (χ4n) is 5.55. The fraction of sp³-hybridized carbons (Fsp3) is 0.289. The molecule has 0 spiro atoms. The average Bonchev–Trinajstić information content (AvgIpc) is 3.12. The molecule has 0 unspecified atom stereocenters. The van der Waals surface area contributed by atoms with E-state index in [2.05, 4.69) is 66.1 Å². The quantitative estimate of drug-likeness (QED) is 0.157. The van der Waals surface area contributed by atoms with E-state index < -0.39 is 0 Å². The van der Waals surface area contributed by atoms with E-state index in [0.29, 0.717) is 25.4 Å². The van der Waals surface area contributed by atoms with E-state index in [9.17, 15) is 5.26 Å². The van der Waals surface area contributed by atoms with Crippen LogP contribution >= 0.6 is 0 Å². The zero-order valence-corrected chi connectivity index (χ0v) is 26.6. The molecule has 1 fully saturated rings. The SMILES string of the molecule is C#C.Cc1c(COc2ccc(CN3CCCCC3)c(OCc3cc(C#N)ccn3)c2)cccc1-c1ccc2c(c1)OCCO2.O=CO. The molecule has 1 N–H and O–H groups in total. The molecule has 0 radical (unpaired) electrons. The van der Waals surface area contributed by atoms with E-state index in [0.717, 1.165) is 76.1 Å². The van der Waals surface area contributed by atoms with Gasteiger partial charge < -0.3 is 24.1 Å². The molecule has 9 nitrogen and oxygen atoms in total. The number of hydrogen-bond donors (Lipinski definition) is 1. The number of pyridine rings is 1. The Morgan fingerprint density at radius 2 is 1.70 bits per heavy atom. The number of carboxylic acid groups (broad SMARTS) is 1. The molecule has 2 aliphatic heterocycles. The van der Waals surface area contributed by atoms with Gasteiger partial charge in [-0.2, -0.15) is 5.26 Å². The van der Waals surface area contributed by atoms with Gasteiger partial charge in [0.2, 0.25) is 0 Å². The molecule has 3 heterocycles. The summed E-state index contributed by atoms with van der Waals surface area (Å²) in [5.41, 5.74) is 6.92. The first-order valence-electron chi connectivity index (χ1n) is 15.4. The molecule has 47 heavy (non-hydrogen) atoms. The predicted octanol–water partition coefficient (Wildman–Crippen LogP) is 6.79. The summed E-state index contributed by atoms with van der Waals surface area (Å²) >= 11 is 0. The van der Waals surface area contributed by atoms with Crippen LogP contribution in [0.4, 0.5) is 0 Å². The Labute approximate surface area is 276 Å². The number of hydrogen-bond acceptors (Lipinski definition) is 8. The maximum atomic E-state index is 9.26. The normalized spacial score (nSPS) is 13.4. The smallest absolute Gasteiger partial charge is 0.290 e. The molecule has 1 aromatic heterocycles. The van der Waals surface area contributed by atoms with Crippen molar-refractivity contribution in [2.24, 2.45) is 0 Å². The van der Waals surface area contributed by atoms with Gasteiger partial charge in [0.05, 0.1) is 17.3 Å². The molecular formula is C38H39N3O6. The molecule has 6 rings (SSSR count). The van der Waals surface area contributed by atoms with Crippen molar-refractivity contribution in [3.8, 4) is 53.0 Å². The summed E-state index contributed by atoms with van der Waals surface area (Å²) in [6, 6.07) is 24.1. The summed E-state index contributed by atoms with van der Waals surface area (Å²) in [5.74, 6) is 3.10. The number of terminal acetylenes is 1. The van der Waals surface area contributed by atoms with E-state index in [-0.39, 0.29) is 13.1 Å². The maximum Gasteiger partial charge on any atom is 0.290 e. The third-order valence-corrected chi connectivity index (χ3v) is 7.90. The molecule has 0 saturated carbocycles. The highest BCUT2D eigenvalue weighted by atomic mass is 16.6. The molecule has 9 heteroatoms. The fourth-order valence-corrected chi connectivity index (χ4v) is 5.55. The van der Waals surface area contributed by atoms with Crippen LogP contribution in [0.1, 0.15) is 47.2 Å². The van der Waals surface area contributed by atoms with E-state index in [1.54, 1.807) is 18.3 Å². The molecular weight excluding hydrogens is 594 g/mol. The molecule has 1 saturated heterocycles. The van der Waals surface area contributed by atoms with Gasteiger partial charge in [-0.15, -0.1) is 12.8 Å². The van der Waals surface area contributed by atoms with Crippen LogP contribution in [-0.2, 0) is 24.6 Å². The van der Waals surface area contributed by atoms with Crippen molar-refractivity contribution in [2.45, 2.75) is 45.9 Å². The minimum atomic E-state index is -0.250. The highest BCUT2D eigenvalue weighted by Crippen LogP contribution is 2.36. The van der Waals surface area contributed by atoms with Crippen LogP contribution in [0, 0.1) is 31.1 Å². The Hall–Kier alpha value is -5.51. The standard InChI is InChI=1S/C35H35N3O4.C2H2.CH2O2/c1-25-29(6-5-7-32(25)27-9-11-33-35(19-27)40-17-16-39-33)23-41-31-10-8-28(22-38-14-3-2-4-15-38)34(20-31)42-24-30-18-26(21-36)12-13-37-30;1-2;2-1-3/h5-13,18-20H,2-4,14-17,22-24H2,1H3;1-2H;1H,(H,2,3). The summed E-state index contributed by atoms with van der Waals surface area (Å²) in [5, 5.41) is 16.1. The zero-order chi connectivity index (χ0) is 33.4. The van der Waals surface area contributed by atoms with Crippen LogP contribution in [0.25, 0.3) is 11.1 Å². The summed E-state index contributed by atoms with van der Waals surface area (Å²) in [7, 11) is 0. The molecule has 0 bridgehead atoms. The lowest BCUT2D eigenvalue weighted by Gasteiger charge is -2.27. The van der Waals surface area contributed by atoms with Crippen molar-refractivity contribution in [1.29, 1.82) is 5.26 Å². The number of ether oxygens (including phenoxy) is 4. The number of fused-ring (bicyclic) bond motifs is 1. The second-order valence-corrected chi connectivity index (χ2v) is 10.9. The molecule has 4 aromatic rings. The lowest BCUT2D eigenvalue weighted by Crippen LogP contribution is -2.29. The van der Waals surface area contributed by atoms with Gasteiger partial charge in [0.15, 0.2) is 11.5 Å². The number of rotatable bonds is 9. The molecule has 2 aliphatic rings. The molecule has 0 amide bonds. The molecule has 3 aromatic carbocycles. The molecule has 0 atom stereocenters. The Balaban J connectivity index is 0.000000947. The Bertz CT molecular complexity index is 1690. The first kappa shape index (κ1) is 34.4. The average molecular weight is 634 g/mol. The first-order valence-corrected chi connectivity index (χ1v) is 15.4. The zero-order valence-electron chi connectivity index (χ0n) is 26.6. The van der Waals surface area contributed by atoms with Gasteiger partial charge in [0.25, 0.3) is 6.47 Å². The highest BCUT2D eigenvalue weighted by molar-refractivity contribution is 5.71. The number of benzene rings is 3. The largest absolute Gasteiger partial charge is 0.489 e. The minimum absolute atomic E-state index is 0.250. The lowest BCUT2D eigenvalue weighted by molar-refractivity contribution is -0.122. The van der Waals surface area contributed by atoms with E-state index in [4.69, 9.17) is 28.8 Å². The van der Waals surface area contributed by atoms with Crippen molar-refractivity contribution in [3.05, 3.63) is 101 Å². The number of carbonyl (C=O) groups is 1. The number of nitriles is 1. The van der Waals surface area contributed by atoms with Crippen LogP contribution in [0.15, 0.2) is 72.9 Å². The van der Waals surface area contributed by atoms with E-state index in [1.807, 2.05) is 24.3 Å². The van der Waals surface area contributed by atoms with Gasteiger partial charge in [0.1, 0.15) is 37.9 Å². The van der Waals surface area contributed by atoms with Gasteiger partial charge in [-0.3, -0.25) is 14.7 Å². The van der Waals surface area contributed by atoms with Crippen LogP contribution in [-0.4, -0.2) is 47.8 Å². The molecule has 242 valence electrons. The predicted molar refractivity (Wildman–Crippen MR) is 179 cm³/mol. The maximum absolute atomic E-state index is 9.26.